The number of carbonyl (C=O) groups excluding carboxylic acids is 1. The zero-order chi connectivity index (χ0) is 20.5. The molecule has 29 heavy (non-hydrogen) atoms. The summed E-state index contributed by atoms with van der Waals surface area (Å²) >= 11 is 0. The average Bonchev–Trinajstić information content (AvgIpc) is 2.72. The topological polar surface area (TPSA) is 63.2 Å². The van der Waals surface area contributed by atoms with E-state index < -0.39 is 0 Å². The molecule has 6 nitrogen and oxygen atoms in total. The van der Waals surface area contributed by atoms with Crippen LogP contribution in [-0.4, -0.2) is 50.9 Å². The number of nitrogens with zero attached hydrogens (tertiary/aromatic N) is 2. The Morgan fingerprint density at radius 1 is 1.10 bits per heavy atom. The van der Waals surface area contributed by atoms with E-state index in [-0.39, 0.29) is 17.9 Å². The maximum absolute atomic E-state index is 11.3. The minimum Gasteiger partial charge on any atom is -0.493 e. The molecule has 0 spiro atoms. The average molecular weight is 393 g/mol. The van der Waals surface area contributed by atoms with E-state index in [2.05, 4.69) is 29.4 Å². The predicted molar refractivity (Wildman–Crippen MR) is 114 cm³/mol. The lowest BCUT2D eigenvalue weighted by molar-refractivity contribution is -0.114. The van der Waals surface area contributed by atoms with Gasteiger partial charge in [0, 0.05) is 37.3 Å². The molecule has 0 radical (unpaired) electrons. The van der Waals surface area contributed by atoms with Crippen LogP contribution in [0.3, 0.4) is 0 Å². The lowest BCUT2D eigenvalue weighted by Gasteiger charge is -2.38. The molecule has 1 N–H and O–H groups in total. The Hall–Kier alpha value is -2.86. The Morgan fingerprint density at radius 3 is 2.38 bits per heavy atom. The van der Waals surface area contributed by atoms with Gasteiger partial charge in [-0.3, -0.25) is 9.79 Å². The number of hydrogen-bond acceptors (Lipinski definition) is 5. The molecule has 0 aromatic heterocycles. The first-order chi connectivity index (χ1) is 14.0. The van der Waals surface area contributed by atoms with E-state index in [4.69, 9.17) is 14.5 Å². The van der Waals surface area contributed by atoms with Gasteiger partial charge in [-0.15, -0.1) is 0 Å². The molecule has 0 saturated carbocycles. The minimum absolute atomic E-state index is 0.0768. The molecular formula is C23H27N3O3. The van der Waals surface area contributed by atoms with Gasteiger partial charge >= 0.3 is 0 Å². The highest BCUT2D eigenvalue weighted by Crippen LogP contribution is 2.45. The van der Waals surface area contributed by atoms with Gasteiger partial charge in [-0.05, 0) is 54.4 Å². The first-order valence-electron chi connectivity index (χ1n) is 9.88. The Labute approximate surface area is 171 Å². The number of anilines is 1. The summed E-state index contributed by atoms with van der Waals surface area (Å²) in [5, 5.41) is 2.82. The minimum atomic E-state index is -0.0918. The third-order valence-electron chi connectivity index (χ3n) is 5.75. The molecule has 6 heteroatoms. The van der Waals surface area contributed by atoms with E-state index in [0.717, 1.165) is 42.1 Å². The van der Waals surface area contributed by atoms with E-state index in [9.17, 15) is 4.79 Å². The summed E-state index contributed by atoms with van der Waals surface area (Å²) in [5.74, 6) is 1.67. The van der Waals surface area contributed by atoms with Crippen LogP contribution in [0, 0.1) is 0 Å². The number of likely N-dealkylation sites (N-methyl/N-ethyl adjacent to an activating group) is 1. The molecule has 1 saturated heterocycles. The molecule has 2 unspecified atom stereocenters. The van der Waals surface area contributed by atoms with Gasteiger partial charge in [-0.2, -0.15) is 0 Å². The second-order valence-corrected chi connectivity index (χ2v) is 7.73. The first-order valence-corrected chi connectivity index (χ1v) is 9.88. The second-order valence-electron chi connectivity index (χ2n) is 7.73. The molecular weight excluding hydrogens is 366 g/mol. The molecule has 2 aromatic carbocycles. The monoisotopic (exact) mass is 393 g/mol. The number of aliphatic imine (C=N–C) groups is 1. The van der Waals surface area contributed by atoms with Crippen molar-refractivity contribution in [3.8, 4) is 11.5 Å². The normalized spacial score (nSPS) is 20.9. The smallest absolute Gasteiger partial charge is 0.221 e. The number of fused-ring (bicyclic) bond motifs is 3. The molecule has 2 aromatic rings. The van der Waals surface area contributed by atoms with Gasteiger partial charge in [-0.1, -0.05) is 12.1 Å². The van der Waals surface area contributed by atoms with Gasteiger partial charge in [0.05, 0.1) is 14.2 Å². The van der Waals surface area contributed by atoms with Crippen molar-refractivity contribution >= 4 is 17.3 Å². The standard InChI is InChI=1S/C23H27N3O3/c1-14(27)24-16-7-5-15(6-8-16)23-18-12-22(29-4)21(28-3)11-17(18)19-13-26(2)10-9-20(19)25-23/h5-8,11-12,19,23H,9-10,13H2,1-4H3,(H,24,27). The number of ether oxygens (including phenoxy) is 2. The summed E-state index contributed by atoms with van der Waals surface area (Å²) < 4.78 is 11.2. The molecule has 152 valence electrons. The maximum atomic E-state index is 11.3. The van der Waals surface area contributed by atoms with Crippen molar-refractivity contribution in [2.75, 3.05) is 39.7 Å². The van der Waals surface area contributed by atoms with E-state index >= 15 is 0 Å². The number of carbonyl (C=O) groups is 1. The van der Waals surface area contributed by atoms with Crippen LogP contribution in [0.1, 0.15) is 42.0 Å². The van der Waals surface area contributed by atoms with Crippen LogP contribution in [0.5, 0.6) is 11.5 Å². The van der Waals surface area contributed by atoms with Crippen LogP contribution in [0.4, 0.5) is 5.69 Å². The van der Waals surface area contributed by atoms with Crippen molar-refractivity contribution in [1.82, 2.24) is 4.90 Å². The van der Waals surface area contributed by atoms with Crippen LogP contribution in [0.15, 0.2) is 41.4 Å². The molecule has 0 bridgehead atoms. The van der Waals surface area contributed by atoms with Crippen molar-refractivity contribution in [2.45, 2.75) is 25.3 Å². The largest absolute Gasteiger partial charge is 0.493 e. The first kappa shape index (κ1) is 19.5. The third-order valence-corrected chi connectivity index (χ3v) is 5.75. The number of benzene rings is 2. The zero-order valence-corrected chi connectivity index (χ0v) is 17.4. The van der Waals surface area contributed by atoms with Crippen molar-refractivity contribution in [3.63, 3.8) is 0 Å². The fraction of sp³-hybridized carbons (Fsp3) is 0.391. The van der Waals surface area contributed by atoms with Crippen LogP contribution in [0.2, 0.25) is 0 Å². The van der Waals surface area contributed by atoms with Gasteiger partial charge in [0.1, 0.15) is 6.04 Å². The molecule has 0 aliphatic carbocycles. The Bertz CT molecular complexity index is 953. The number of rotatable bonds is 4. The van der Waals surface area contributed by atoms with Crippen LogP contribution >= 0.6 is 0 Å². The number of likely N-dealkylation sites (tertiary alicyclic amines) is 1. The quantitative estimate of drug-likeness (QED) is 0.862. The highest BCUT2D eigenvalue weighted by atomic mass is 16.5. The summed E-state index contributed by atoms with van der Waals surface area (Å²) in [6.07, 6.45) is 0.968. The summed E-state index contributed by atoms with van der Waals surface area (Å²) in [4.78, 5) is 18.8. The SMILES string of the molecule is COc1cc2c(cc1OC)C(c1ccc(NC(C)=O)cc1)N=C1CCN(C)CC12. The van der Waals surface area contributed by atoms with Gasteiger partial charge in [0.2, 0.25) is 5.91 Å². The summed E-state index contributed by atoms with van der Waals surface area (Å²) in [6, 6.07) is 12.0. The molecule has 1 fully saturated rings. The lowest BCUT2D eigenvalue weighted by atomic mass is 9.79. The van der Waals surface area contributed by atoms with Crippen molar-refractivity contribution < 1.29 is 14.3 Å². The van der Waals surface area contributed by atoms with Gasteiger partial charge in [0.25, 0.3) is 0 Å². The fourth-order valence-corrected chi connectivity index (χ4v) is 4.31. The Balaban J connectivity index is 1.80. The Morgan fingerprint density at radius 2 is 1.76 bits per heavy atom. The second kappa shape index (κ2) is 7.87. The number of nitrogens with one attached hydrogen (secondary N) is 1. The lowest BCUT2D eigenvalue weighted by Crippen LogP contribution is -2.39. The molecule has 2 aliphatic rings. The number of amides is 1. The predicted octanol–water partition coefficient (Wildman–Crippen LogP) is 3.63. The van der Waals surface area contributed by atoms with Crippen LogP contribution in [-0.2, 0) is 4.79 Å². The van der Waals surface area contributed by atoms with E-state index in [1.54, 1.807) is 14.2 Å². The third kappa shape index (κ3) is 3.72. The molecule has 2 heterocycles. The maximum Gasteiger partial charge on any atom is 0.221 e. The fourth-order valence-electron chi connectivity index (χ4n) is 4.31. The molecule has 4 rings (SSSR count). The van der Waals surface area contributed by atoms with E-state index in [1.807, 2.05) is 24.3 Å². The van der Waals surface area contributed by atoms with Gasteiger partial charge in [0.15, 0.2) is 11.5 Å². The molecule has 2 atom stereocenters. The summed E-state index contributed by atoms with van der Waals surface area (Å²) in [7, 11) is 5.49. The summed E-state index contributed by atoms with van der Waals surface area (Å²) in [6.45, 7) is 3.48. The number of piperidine rings is 1. The molecule has 1 amide bonds. The summed E-state index contributed by atoms with van der Waals surface area (Å²) in [5.41, 5.74) is 5.54. The zero-order valence-electron chi connectivity index (χ0n) is 17.4. The van der Waals surface area contributed by atoms with Crippen molar-refractivity contribution in [2.24, 2.45) is 4.99 Å². The van der Waals surface area contributed by atoms with Gasteiger partial charge in [-0.25, -0.2) is 0 Å². The van der Waals surface area contributed by atoms with Crippen LogP contribution in [0.25, 0.3) is 0 Å². The number of hydrogen-bond donors (Lipinski definition) is 1. The van der Waals surface area contributed by atoms with Crippen LogP contribution < -0.4 is 14.8 Å². The van der Waals surface area contributed by atoms with Crippen molar-refractivity contribution in [1.29, 1.82) is 0 Å². The van der Waals surface area contributed by atoms with Crippen molar-refractivity contribution in [3.05, 3.63) is 53.1 Å². The van der Waals surface area contributed by atoms with E-state index in [0.29, 0.717) is 5.75 Å². The Kier molecular flexibility index (Phi) is 5.28. The van der Waals surface area contributed by atoms with Gasteiger partial charge < -0.3 is 19.7 Å². The number of methoxy groups -OCH3 is 2. The highest BCUT2D eigenvalue weighted by molar-refractivity contribution is 5.94. The van der Waals surface area contributed by atoms with E-state index in [1.165, 1.54) is 18.2 Å². The molecule has 2 aliphatic heterocycles. The highest BCUT2D eigenvalue weighted by Gasteiger charge is 2.35.